The van der Waals surface area contributed by atoms with Crippen molar-refractivity contribution in [3.8, 4) is 6.07 Å². The van der Waals surface area contributed by atoms with Crippen LogP contribution in [-0.2, 0) is 11.8 Å². The zero-order chi connectivity index (χ0) is 15.0. The van der Waals surface area contributed by atoms with Crippen LogP contribution in [0.4, 0.5) is 5.69 Å². The third-order valence-corrected chi connectivity index (χ3v) is 3.95. The second-order valence-electron chi connectivity index (χ2n) is 5.46. The zero-order valence-corrected chi connectivity index (χ0v) is 12.0. The summed E-state index contributed by atoms with van der Waals surface area (Å²) in [5.74, 6) is 0.386. The number of amides is 1. The van der Waals surface area contributed by atoms with Crippen molar-refractivity contribution in [2.24, 2.45) is 13.0 Å². The summed E-state index contributed by atoms with van der Waals surface area (Å²) >= 11 is 0. The first kappa shape index (κ1) is 13.4. The van der Waals surface area contributed by atoms with Crippen LogP contribution < -0.4 is 4.90 Å². The van der Waals surface area contributed by atoms with E-state index in [1.54, 1.807) is 34.8 Å². The van der Waals surface area contributed by atoms with E-state index >= 15 is 0 Å². The van der Waals surface area contributed by atoms with Gasteiger partial charge in [0.1, 0.15) is 0 Å². The zero-order valence-electron chi connectivity index (χ0n) is 12.0. The van der Waals surface area contributed by atoms with E-state index in [0.29, 0.717) is 5.56 Å². The molecule has 1 fully saturated rings. The van der Waals surface area contributed by atoms with Gasteiger partial charge in [-0.05, 0) is 36.1 Å². The molecule has 0 saturated heterocycles. The van der Waals surface area contributed by atoms with Crippen LogP contribution in [0, 0.1) is 17.2 Å². The van der Waals surface area contributed by atoms with Crippen LogP contribution in [-0.4, -0.2) is 22.7 Å². The van der Waals surface area contributed by atoms with Crippen molar-refractivity contribution in [3.63, 3.8) is 0 Å². The Morgan fingerprint density at radius 1 is 1.52 bits per heavy atom. The lowest BCUT2D eigenvalue weighted by molar-refractivity contribution is -0.119. The average Bonchev–Trinajstić information content (AvgIpc) is 3.20. The van der Waals surface area contributed by atoms with Crippen molar-refractivity contribution in [1.82, 2.24) is 9.78 Å². The van der Waals surface area contributed by atoms with Crippen molar-refractivity contribution in [3.05, 3.63) is 47.8 Å². The third kappa shape index (κ3) is 2.52. The van der Waals surface area contributed by atoms with Crippen molar-refractivity contribution in [1.29, 1.82) is 5.26 Å². The summed E-state index contributed by atoms with van der Waals surface area (Å²) in [6.45, 7) is 0. The first-order valence-electron chi connectivity index (χ1n) is 6.86. The predicted molar refractivity (Wildman–Crippen MR) is 78.6 cm³/mol. The Bertz CT molecular complexity index is 728. The Labute approximate surface area is 123 Å². The highest BCUT2D eigenvalue weighted by atomic mass is 16.2. The van der Waals surface area contributed by atoms with Crippen molar-refractivity contribution < 1.29 is 4.79 Å². The van der Waals surface area contributed by atoms with E-state index in [1.165, 1.54) is 0 Å². The van der Waals surface area contributed by atoms with Gasteiger partial charge in [-0.3, -0.25) is 9.48 Å². The lowest BCUT2D eigenvalue weighted by Gasteiger charge is -2.17. The van der Waals surface area contributed by atoms with Crippen LogP contribution in [0.2, 0.25) is 0 Å². The summed E-state index contributed by atoms with van der Waals surface area (Å²) in [7, 11) is 3.64. The van der Waals surface area contributed by atoms with Gasteiger partial charge in [0, 0.05) is 31.9 Å². The van der Waals surface area contributed by atoms with E-state index < -0.39 is 0 Å². The fourth-order valence-electron chi connectivity index (χ4n) is 2.63. The molecule has 1 aromatic heterocycles. The molecule has 1 saturated carbocycles. The molecule has 2 aromatic rings. The molecule has 106 valence electrons. The highest BCUT2D eigenvalue weighted by Crippen LogP contribution is 2.48. The number of carbonyl (C=O) groups excluding carboxylic acids is 1. The fraction of sp³-hybridized carbons (Fsp3) is 0.312. The minimum atomic E-state index is 0.0185. The van der Waals surface area contributed by atoms with Gasteiger partial charge in [-0.15, -0.1) is 0 Å². The quantitative estimate of drug-likeness (QED) is 0.864. The van der Waals surface area contributed by atoms with Crippen LogP contribution >= 0.6 is 0 Å². The summed E-state index contributed by atoms with van der Waals surface area (Å²) in [5.41, 5.74) is 2.44. The smallest absolute Gasteiger partial charge is 0.230 e. The van der Waals surface area contributed by atoms with Gasteiger partial charge < -0.3 is 4.90 Å². The molecule has 1 heterocycles. The van der Waals surface area contributed by atoms with Gasteiger partial charge in [0.15, 0.2) is 0 Å². The standard InChI is InChI=1S/C16H16N4O/c1-19-10-12(9-18-19)14-7-15(14)16(21)20(2)13-5-3-4-11(6-13)8-17/h3-6,9-10,14-15H,7H2,1-2H3/t14-,15+/m0/s1. The number of nitriles is 1. The molecule has 0 aliphatic heterocycles. The minimum Gasteiger partial charge on any atom is -0.315 e. The average molecular weight is 280 g/mol. The number of carbonyl (C=O) groups is 1. The molecule has 0 spiro atoms. The number of hydrogen-bond donors (Lipinski definition) is 0. The van der Waals surface area contributed by atoms with Gasteiger partial charge >= 0.3 is 0 Å². The summed E-state index contributed by atoms with van der Waals surface area (Å²) in [5, 5.41) is 13.1. The lowest BCUT2D eigenvalue weighted by Crippen LogP contribution is -2.28. The maximum absolute atomic E-state index is 12.5. The van der Waals surface area contributed by atoms with Crippen molar-refractivity contribution >= 4 is 11.6 Å². The molecule has 1 aromatic carbocycles. The maximum atomic E-state index is 12.5. The van der Waals surface area contributed by atoms with E-state index in [9.17, 15) is 4.79 Å². The molecule has 1 aliphatic rings. The van der Waals surface area contributed by atoms with Gasteiger partial charge in [0.25, 0.3) is 0 Å². The molecule has 0 N–H and O–H groups in total. The minimum absolute atomic E-state index is 0.0185. The number of anilines is 1. The number of aryl methyl sites for hydroxylation is 1. The monoisotopic (exact) mass is 280 g/mol. The molecule has 5 heteroatoms. The van der Waals surface area contributed by atoms with Crippen LogP contribution in [0.3, 0.4) is 0 Å². The highest BCUT2D eigenvalue weighted by molar-refractivity contribution is 5.97. The van der Waals surface area contributed by atoms with Gasteiger partial charge in [0.2, 0.25) is 5.91 Å². The predicted octanol–water partition coefficient (Wildman–Crippen LogP) is 2.06. The van der Waals surface area contributed by atoms with Crippen LogP contribution in [0.5, 0.6) is 0 Å². The Morgan fingerprint density at radius 2 is 2.33 bits per heavy atom. The lowest BCUT2D eigenvalue weighted by atomic mass is 10.1. The van der Waals surface area contributed by atoms with Gasteiger partial charge in [-0.1, -0.05) is 6.07 Å². The van der Waals surface area contributed by atoms with Crippen LogP contribution in [0.25, 0.3) is 0 Å². The van der Waals surface area contributed by atoms with Gasteiger partial charge in [0.05, 0.1) is 17.8 Å². The molecule has 3 rings (SSSR count). The summed E-state index contributed by atoms with van der Waals surface area (Å²) in [4.78, 5) is 14.2. The number of benzene rings is 1. The van der Waals surface area contributed by atoms with Crippen molar-refractivity contribution in [2.75, 3.05) is 11.9 Å². The molecular formula is C16H16N4O. The maximum Gasteiger partial charge on any atom is 0.230 e. The molecule has 1 aliphatic carbocycles. The highest BCUT2D eigenvalue weighted by Gasteiger charge is 2.46. The van der Waals surface area contributed by atoms with Crippen LogP contribution in [0.15, 0.2) is 36.7 Å². The largest absolute Gasteiger partial charge is 0.315 e. The molecule has 0 radical (unpaired) electrons. The molecule has 0 unspecified atom stereocenters. The summed E-state index contributed by atoms with van der Waals surface area (Å²) in [6, 6.07) is 9.21. The second kappa shape index (κ2) is 5.06. The Morgan fingerprint density at radius 3 is 3.00 bits per heavy atom. The summed E-state index contributed by atoms with van der Waals surface area (Å²) < 4.78 is 1.76. The first-order chi connectivity index (χ1) is 10.1. The van der Waals surface area contributed by atoms with Crippen molar-refractivity contribution in [2.45, 2.75) is 12.3 Å². The second-order valence-corrected chi connectivity index (χ2v) is 5.46. The normalized spacial score (nSPS) is 19.9. The van der Waals surface area contributed by atoms with E-state index in [1.807, 2.05) is 25.5 Å². The molecule has 21 heavy (non-hydrogen) atoms. The topological polar surface area (TPSA) is 61.9 Å². The van der Waals surface area contributed by atoms with E-state index in [-0.39, 0.29) is 17.7 Å². The number of nitrogens with zero attached hydrogens (tertiary/aromatic N) is 4. The van der Waals surface area contributed by atoms with Crippen LogP contribution in [0.1, 0.15) is 23.5 Å². The number of aromatic nitrogens is 2. The van der Waals surface area contributed by atoms with Gasteiger partial charge in [-0.2, -0.15) is 10.4 Å². The van der Waals surface area contributed by atoms with E-state index in [2.05, 4.69) is 11.2 Å². The Kier molecular flexibility index (Phi) is 3.22. The molecular weight excluding hydrogens is 264 g/mol. The first-order valence-corrected chi connectivity index (χ1v) is 6.86. The SMILES string of the molecule is CN(C(=O)[C@@H]1C[C@H]1c1cnn(C)c1)c1cccc(C#N)c1. The molecule has 0 bridgehead atoms. The fourth-order valence-corrected chi connectivity index (χ4v) is 2.63. The molecule has 5 nitrogen and oxygen atoms in total. The molecule has 2 atom stereocenters. The Balaban J connectivity index is 1.73. The Hall–Kier alpha value is -2.61. The van der Waals surface area contributed by atoms with Gasteiger partial charge in [-0.25, -0.2) is 0 Å². The van der Waals surface area contributed by atoms with E-state index in [4.69, 9.17) is 5.26 Å². The summed E-state index contributed by atoms with van der Waals surface area (Å²) in [6.07, 6.45) is 4.66. The van der Waals surface area contributed by atoms with E-state index in [0.717, 1.165) is 17.7 Å². The third-order valence-electron chi connectivity index (χ3n) is 3.95. The molecule has 1 amide bonds. The number of hydrogen-bond acceptors (Lipinski definition) is 3. The number of rotatable bonds is 3.